The molecule has 0 heterocycles. The molecule has 0 saturated carbocycles. The topological polar surface area (TPSA) is 37.3 Å². The number of rotatable bonds is 18. The van der Waals surface area contributed by atoms with Crippen molar-refractivity contribution in [2.45, 2.75) is 122 Å². The minimum Gasteiger partial charge on any atom is -0.481 e. The highest BCUT2D eigenvalue weighted by Crippen LogP contribution is 2.14. The van der Waals surface area contributed by atoms with Gasteiger partial charge in [0, 0.05) is 6.42 Å². The summed E-state index contributed by atoms with van der Waals surface area (Å²) < 4.78 is 0. The van der Waals surface area contributed by atoms with Crippen LogP contribution in [0.5, 0.6) is 0 Å². The molecule has 0 fully saturated rings. The highest BCUT2D eigenvalue weighted by molar-refractivity contribution is 5.66. The third-order valence-corrected chi connectivity index (χ3v) is 4.49. The van der Waals surface area contributed by atoms with Crippen LogP contribution < -0.4 is 0 Å². The molecule has 132 valence electrons. The van der Waals surface area contributed by atoms with Crippen LogP contribution in [0.25, 0.3) is 0 Å². The second-order valence-electron chi connectivity index (χ2n) is 6.80. The third kappa shape index (κ3) is 19.5. The van der Waals surface area contributed by atoms with E-state index in [-0.39, 0.29) is 0 Å². The first-order valence-electron chi connectivity index (χ1n) is 9.99. The van der Waals surface area contributed by atoms with Crippen molar-refractivity contribution in [3.05, 3.63) is 0 Å². The molecule has 0 amide bonds. The normalized spacial score (nSPS) is 11.0. The Hall–Kier alpha value is -0.530. The van der Waals surface area contributed by atoms with Crippen molar-refractivity contribution in [1.29, 1.82) is 0 Å². The van der Waals surface area contributed by atoms with Gasteiger partial charge in [0.05, 0.1) is 0 Å². The van der Waals surface area contributed by atoms with Crippen molar-refractivity contribution >= 4 is 5.97 Å². The van der Waals surface area contributed by atoms with E-state index in [0.717, 1.165) is 12.8 Å². The number of hydrogen-bond donors (Lipinski definition) is 1. The molecule has 0 spiro atoms. The number of hydrogen-bond acceptors (Lipinski definition) is 1. The van der Waals surface area contributed by atoms with E-state index in [1.54, 1.807) is 0 Å². The van der Waals surface area contributed by atoms with E-state index < -0.39 is 5.97 Å². The van der Waals surface area contributed by atoms with E-state index in [4.69, 9.17) is 5.11 Å². The zero-order valence-electron chi connectivity index (χ0n) is 15.1. The molecule has 2 nitrogen and oxygen atoms in total. The van der Waals surface area contributed by atoms with Crippen LogP contribution in [0.1, 0.15) is 122 Å². The Kier molecular flexibility index (Phi) is 18.1. The molecule has 0 radical (unpaired) electrons. The van der Waals surface area contributed by atoms with E-state index in [0.29, 0.717) is 6.42 Å². The SMILES string of the molecule is CCCCCCCCCCCCCCCCCCC[18C](=O)O. The maximum atomic E-state index is 10.4. The van der Waals surface area contributed by atoms with Crippen LogP contribution in [-0.4, -0.2) is 11.1 Å². The van der Waals surface area contributed by atoms with Gasteiger partial charge in [0.2, 0.25) is 0 Å². The molecule has 0 rings (SSSR count). The Morgan fingerprint density at radius 1 is 0.545 bits per heavy atom. The molecule has 0 aromatic carbocycles. The number of unbranched alkanes of at least 4 members (excludes halogenated alkanes) is 16. The monoisotopic (exact) mass is 318 g/mol. The molecule has 0 bridgehead atoms. The zero-order valence-corrected chi connectivity index (χ0v) is 15.1. The molecule has 0 aliphatic heterocycles. The van der Waals surface area contributed by atoms with E-state index in [1.165, 1.54) is 96.3 Å². The van der Waals surface area contributed by atoms with Crippen LogP contribution in [0, 0.1) is 0 Å². The van der Waals surface area contributed by atoms with Crippen LogP contribution in [0.2, 0.25) is 0 Å². The summed E-state index contributed by atoms with van der Waals surface area (Å²) in [6.45, 7) is 2.28. The van der Waals surface area contributed by atoms with Gasteiger partial charge in [-0.25, -0.2) is 0 Å². The summed E-state index contributed by atoms with van der Waals surface area (Å²) in [4.78, 5) is 10.4. The van der Waals surface area contributed by atoms with Crippen LogP contribution in [0.15, 0.2) is 0 Å². The van der Waals surface area contributed by atoms with Crippen molar-refractivity contribution in [2.24, 2.45) is 0 Å². The molecule has 22 heavy (non-hydrogen) atoms. The lowest BCUT2D eigenvalue weighted by atomic mass is 10.0. The molecule has 2 heteroatoms. The zero-order chi connectivity index (χ0) is 16.3. The Bertz CT molecular complexity index is 226. The van der Waals surface area contributed by atoms with Crippen LogP contribution in [-0.2, 0) is 4.79 Å². The lowest BCUT2D eigenvalue weighted by molar-refractivity contribution is -0.137. The van der Waals surface area contributed by atoms with E-state index in [2.05, 4.69) is 6.92 Å². The molecule has 0 aliphatic carbocycles. The summed E-state index contributed by atoms with van der Waals surface area (Å²) in [7, 11) is 0. The first-order chi connectivity index (χ1) is 10.8. The van der Waals surface area contributed by atoms with Gasteiger partial charge in [0.1, 0.15) is 0 Å². The van der Waals surface area contributed by atoms with Gasteiger partial charge in [-0.3, -0.25) is 4.79 Å². The van der Waals surface area contributed by atoms with Gasteiger partial charge < -0.3 is 5.11 Å². The highest BCUT2D eigenvalue weighted by Gasteiger charge is 1.97. The van der Waals surface area contributed by atoms with Crippen molar-refractivity contribution in [3.8, 4) is 0 Å². The first kappa shape index (κ1) is 21.5. The summed E-state index contributed by atoms with van der Waals surface area (Å²) >= 11 is 0. The minimum atomic E-state index is -0.652. The lowest BCUT2D eigenvalue weighted by Gasteiger charge is -2.03. The smallest absolute Gasteiger partial charge is 0.303 e. The number of carbonyl (C=O) groups is 1. The largest absolute Gasteiger partial charge is 0.481 e. The molecule has 0 unspecified atom stereocenters. The molecule has 0 aromatic rings. The van der Waals surface area contributed by atoms with Gasteiger partial charge in [-0.15, -0.1) is 0 Å². The van der Waals surface area contributed by atoms with Crippen molar-refractivity contribution in [3.63, 3.8) is 0 Å². The summed E-state index contributed by atoms with van der Waals surface area (Å²) in [6, 6.07) is 0. The Labute approximate surface area is 139 Å². The fourth-order valence-corrected chi connectivity index (χ4v) is 3.00. The predicted octanol–water partition coefficient (Wildman–Crippen LogP) is 7.11. The third-order valence-electron chi connectivity index (χ3n) is 4.49. The summed E-state index contributed by atoms with van der Waals surface area (Å²) in [5.41, 5.74) is 0. The van der Waals surface area contributed by atoms with Gasteiger partial charge in [0.25, 0.3) is 0 Å². The number of carboxylic acids is 1. The quantitative estimate of drug-likeness (QED) is 0.273. The van der Waals surface area contributed by atoms with Crippen molar-refractivity contribution in [1.82, 2.24) is 0 Å². The van der Waals surface area contributed by atoms with E-state index in [9.17, 15) is 4.79 Å². The Balaban J connectivity index is 2.95. The second kappa shape index (κ2) is 18.5. The van der Waals surface area contributed by atoms with E-state index in [1.807, 2.05) is 0 Å². The van der Waals surface area contributed by atoms with Gasteiger partial charge >= 0.3 is 5.97 Å². The van der Waals surface area contributed by atoms with Gasteiger partial charge in [0.15, 0.2) is 0 Å². The maximum Gasteiger partial charge on any atom is 0.303 e. The Morgan fingerprint density at radius 3 is 1.09 bits per heavy atom. The number of aliphatic carboxylic acids is 1. The fourth-order valence-electron chi connectivity index (χ4n) is 3.00. The average Bonchev–Trinajstić information content (AvgIpc) is 2.50. The average molecular weight is 319 g/mol. The molecular weight excluding hydrogens is 278 g/mol. The second-order valence-corrected chi connectivity index (χ2v) is 6.80. The minimum absolute atomic E-state index is 0.346. The van der Waals surface area contributed by atoms with Gasteiger partial charge in [-0.1, -0.05) is 110 Å². The number of carboxylic acid groups (broad SMARTS) is 1. The van der Waals surface area contributed by atoms with Crippen LogP contribution in [0.3, 0.4) is 0 Å². The first-order valence-corrected chi connectivity index (χ1v) is 9.99. The van der Waals surface area contributed by atoms with E-state index >= 15 is 0 Å². The Morgan fingerprint density at radius 2 is 0.818 bits per heavy atom. The molecule has 0 aliphatic rings. The summed E-state index contributed by atoms with van der Waals surface area (Å²) in [5, 5.41) is 8.54. The summed E-state index contributed by atoms with van der Waals surface area (Å²) in [6.07, 6.45) is 23.1. The molecule has 0 saturated heterocycles. The van der Waals surface area contributed by atoms with Crippen LogP contribution in [0.4, 0.5) is 0 Å². The lowest BCUT2D eigenvalue weighted by Crippen LogP contribution is -1.93. The fraction of sp³-hybridized carbons (Fsp3) is 0.950. The molecular formula is C20H40O2. The highest BCUT2D eigenvalue weighted by atomic mass is 18.7. The van der Waals surface area contributed by atoms with Crippen LogP contribution >= 0.6 is 0 Å². The molecule has 0 atom stereocenters. The van der Waals surface area contributed by atoms with Crippen molar-refractivity contribution < 1.29 is 9.90 Å². The maximum absolute atomic E-state index is 10.4. The van der Waals surface area contributed by atoms with Gasteiger partial charge in [-0.05, 0) is 6.42 Å². The predicted molar refractivity (Wildman–Crippen MR) is 96.4 cm³/mol. The molecule has 1 N–H and O–H groups in total. The summed E-state index contributed by atoms with van der Waals surface area (Å²) in [5.74, 6) is -0.652. The molecule has 0 aromatic heterocycles. The van der Waals surface area contributed by atoms with Crippen molar-refractivity contribution in [2.75, 3.05) is 0 Å². The standard InChI is InChI=1S/C20H40O2/c1-2-3-4-5-6-7-8-9-10-11-12-13-14-15-16-17-18-19-20(21)22/h2-19H2,1H3,(H,21,22)/i20+6. The van der Waals surface area contributed by atoms with Gasteiger partial charge in [-0.2, -0.15) is 0 Å².